The van der Waals surface area contributed by atoms with Crippen LogP contribution in [-0.4, -0.2) is 85.5 Å². The molecule has 12 heteroatoms. The molecule has 0 unspecified atom stereocenters. The highest BCUT2D eigenvalue weighted by Gasteiger charge is 2.37. The van der Waals surface area contributed by atoms with Crippen LogP contribution >= 0.6 is 0 Å². The Bertz CT molecular complexity index is 1660. The van der Waals surface area contributed by atoms with Crippen molar-refractivity contribution in [1.82, 2.24) is 19.8 Å². The Morgan fingerprint density at radius 2 is 1.64 bits per heavy atom. The van der Waals surface area contributed by atoms with Gasteiger partial charge in [0.15, 0.2) is 0 Å². The molecular weight excluding hydrogens is 626 g/mol. The number of aryl methyl sites for hydroxylation is 2. The zero-order valence-electron chi connectivity index (χ0n) is 27.3. The maximum absolute atomic E-state index is 14.2. The van der Waals surface area contributed by atoms with E-state index in [1.807, 2.05) is 13.8 Å². The van der Waals surface area contributed by atoms with Crippen molar-refractivity contribution < 1.29 is 31.9 Å². The Kier molecular flexibility index (Phi) is 12.2. The largest absolute Gasteiger partial charge is 0.389 e. The lowest BCUT2D eigenvalue weighted by Gasteiger charge is -2.38. The fourth-order valence-corrected chi connectivity index (χ4v) is 7.72. The van der Waals surface area contributed by atoms with Crippen LogP contribution in [0.5, 0.6) is 0 Å². The van der Waals surface area contributed by atoms with Crippen molar-refractivity contribution in [2.45, 2.75) is 70.0 Å². The van der Waals surface area contributed by atoms with Gasteiger partial charge in [0.1, 0.15) is 11.6 Å². The summed E-state index contributed by atoms with van der Waals surface area (Å²) in [5.41, 5.74) is 2.01. The average Bonchev–Trinajstić information content (AvgIpc) is 3.03. The molecule has 4 rings (SSSR count). The van der Waals surface area contributed by atoms with Crippen LogP contribution in [0.2, 0.25) is 0 Å². The lowest BCUT2D eigenvalue weighted by molar-refractivity contribution is 0.0600. The topological polar surface area (TPSA) is 119 Å². The molecule has 1 heterocycles. The third-order valence-electron chi connectivity index (χ3n) is 8.26. The summed E-state index contributed by atoms with van der Waals surface area (Å²) in [6.07, 6.45) is 0.0483. The Morgan fingerprint density at radius 3 is 2.28 bits per heavy atom. The van der Waals surface area contributed by atoms with Crippen molar-refractivity contribution >= 4 is 21.8 Å². The molecule has 0 spiro atoms. The number of piperazine rings is 1. The first-order valence-corrected chi connectivity index (χ1v) is 17.4. The number of halogens is 2. The monoisotopic (exact) mass is 670 g/mol. The van der Waals surface area contributed by atoms with Gasteiger partial charge in [-0.05, 0) is 86.2 Å². The molecule has 0 radical (unpaired) electrons. The molecule has 1 aliphatic heterocycles. The minimum Gasteiger partial charge on any atom is -0.389 e. The Hall–Kier alpha value is -3.71. The van der Waals surface area contributed by atoms with Crippen LogP contribution in [0.25, 0.3) is 0 Å². The third-order valence-corrected chi connectivity index (χ3v) is 10.3. The first kappa shape index (κ1) is 36.1. The number of nitrogens with one attached hydrogen (secondary N) is 2. The van der Waals surface area contributed by atoms with E-state index < -0.39 is 45.8 Å². The van der Waals surface area contributed by atoms with E-state index in [0.29, 0.717) is 29.8 Å². The fourth-order valence-electron chi connectivity index (χ4n) is 6.03. The first-order chi connectivity index (χ1) is 22.3. The lowest BCUT2D eigenvalue weighted by atomic mass is 9.94. The summed E-state index contributed by atoms with van der Waals surface area (Å²) in [5.74, 6) is -2.41. The van der Waals surface area contributed by atoms with Crippen LogP contribution < -0.4 is 10.6 Å². The number of amides is 2. The van der Waals surface area contributed by atoms with E-state index in [1.165, 1.54) is 16.4 Å². The molecule has 1 fully saturated rings. The smallest absolute Gasteiger partial charge is 0.253 e. The quantitative estimate of drug-likeness (QED) is 0.251. The molecule has 3 N–H and O–H groups in total. The van der Waals surface area contributed by atoms with Gasteiger partial charge in [0.2, 0.25) is 10.0 Å². The highest BCUT2D eigenvalue weighted by Crippen LogP contribution is 2.23. The van der Waals surface area contributed by atoms with Gasteiger partial charge in [0.25, 0.3) is 11.8 Å². The number of benzene rings is 3. The SMILES string of the molecule is CCCN(CCC)C(=O)c1cc(C)cc(C(=O)N[C@@H](Cc2cc(F)cc(F)c2)[C@H](O)[C@H]2CN(S(=O)(=O)c3ccccc3C)CCN2)c1. The second-order valence-corrected chi connectivity index (χ2v) is 14.0. The average molecular weight is 671 g/mol. The molecule has 0 saturated carbocycles. The molecule has 3 aromatic carbocycles. The van der Waals surface area contributed by atoms with E-state index in [-0.39, 0.29) is 48.0 Å². The molecule has 2 amide bonds. The molecule has 1 aliphatic rings. The number of nitrogens with zero attached hydrogens (tertiary/aromatic N) is 2. The predicted molar refractivity (Wildman–Crippen MR) is 177 cm³/mol. The van der Waals surface area contributed by atoms with Crippen LogP contribution in [-0.2, 0) is 16.4 Å². The van der Waals surface area contributed by atoms with Gasteiger partial charge in [-0.15, -0.1) is 0 Å². The highest BCUT2D eigenvalue weighted by molar-refractivity contribution is 7.89. The second kappa shape index (κ2) is 15.9. The number of hydrogen-bond donors (Lipinski definition) is 3. The van der Waals surface area contributed by atoms with E-state index in [0.717, 1.165) is 31.0 Å². The summed E-state index contributed by atoms with van der Waals surface area (Å²) in [7, 11) is -3.89. The van der Waals surface area contributed by atoms with Crippen LogP contribution in [0.4, 0.5) is 8.78 Å². The van der Waals surface area contributed by atoms with E-state index >= 15 is 0 Å². The van der Waals surface area contributed by atoms with Gasteiger partial charge in [-0.25, -0.2) is 17.2 Å². The zero-order valence-corrected chi connectivity index (χ0v) is 28.1. The first-order valence-electron chi connectivity index (χ1n) is 16.0. The molecule has 1 saturated heterocycles. The van der Waals surface area contributed by atoms with Gasteiger partial charge in [-0.3, -0.25) is 9.59 Å². The number of rotatable bonds is 13. The minimum atomic E-state index is -3.89. The van der Waals surface area contributed by atoms with Crippen molar-refractivity contribution in [1.29, 1.82) is 0 Å². The number of carbonyl (C=O) groups excluding carboxylic acids is 2. The molecule has 9 nitrogen and oxygen atoms in total. The normalized spacial score (nSPS) is 16.8. The van der Waals surface area contributed by atoms with Gasteiger partial charge in [-0.1, -0.05) is 32.0 Å². The molecule has 0 aromatic heterocycles. The summed E-state index contributed by atoms with van der Waals surface area (Å²) in [6, 6.07) is 12.6. The maximum atomic E-state index is 14.2. The van der Waals surface area contributed by atoms with Crippen LogP contribution in [0.1, 0.15) is 64.1 Å². The summed E-state index contributed by atoms with van der Waals surface area (Å²) in [5, 5.41) is 17.7. The van der Waals surface area contributed by atoms with Crippen molar-refractivity contribution in [3.8, 4) is 0 Å². The van der Waals surface area contributed by atoms with Crippen molar-refractivity contribution in [2.24, 2.45) is 0 Å². The molecule has 254 valence electrons. The Balaban J connectivity index is 1.62. The number of aliphatic hydroxyl groups excluding tert-OH is 1. The summed E-state index contributed by atoms with van der Waals surface area (Å²) >= 11 is 0. The van der Waals surface area contributed by atoms with Crippen LogP contribution in [0.3, 0.4) is 0 Å². The molecule has 47 heavy (non-hydrogen) atoms. The van der Waals surface area contributed by atoms with Gasteiger partial charge >= 0.3 is 0 Å². The van der Waals surface area contributed by atoms with Crippen molar-refractivity contribution in [3.05, 3.63) is 100 Å². The second-order valence-electron chi connectivity index (χ2n) is 12.1. The Morgan fingerprint density at radius 1 is 1.00 bits per heavy atom. The summed E-state index contributed by atoms with van der Waals surface area (Å²) in [4.78, 5) is 29.0. The Labute approximate surface area is 276 Å². The van der Waals surface area contributed by atoms with Crippen LogP contribution in [0, 0.1) is 25.5 Å². The van der Waals surface area contributed by atoms with Crippen molar-refractivity contribution in [2.75, 3.05) is 32.7 Å². The minimum absolute atomic E-state index is 0.102. The number of carbonyl (C=O) groups is 2. The maximum Gasteiger partial charge on any atom is 0.253 e. The molecular formula is C35H44F2N4O5S. The predicted octanol–water partition coefficient (Wildman–Crippen LogP) is 4.21. The summed E-state index contributed by atoms with van der Waals surface area (Å²) < 4.78 is 56.7. The number of hydrogen-bond acceptors (Lipinski definition) is 6. The van der Waals surface area contributed by atoms with Gasteiger partial charge in [-0.2, -0.15) is 4.31 Å². The highest BCUT2D eigenvalue weighted by atomic mass is 32.2. The standard InChI is InChI=1S/C35H44F2N4O5S/c1-5-12-40(13-6-2)35(44)27-16-23(3)15-26(20-27)34(43)39-30(19-25-17-28(36)21-29(37)18-25)33(42)31-22-41(14-11-38-31)47(45,46)32-10-8-7-9-24(32)4/h7-10,15-18,20-21,30-31,33,38,42H,5-6,11-14,19,22H2,1-4H3,(H,39,43)/t30-,31+,33-/m0/s1. The van der Waals surface area contributed by atoms with E-state index in [1.54, 1.807) is 49.1 Å². The zero-order chi connectivity index (χ0) is 34.3. The van der Waals surface area contributed by atoms with Crippen LogP contribution in [0.15, 0.2) is 65.6 Å². The van der Waals surface area contributed by atoms with Gasteiger partial charge in [0.05, 0.1) is 17.0 Å². The molecule has 0 aliphatic carbocycles. The molecule has 0 bridgehead atoms. The number of aliphatic hydroxyl groups is 1. The van der Waals surface area contributed by atoms with Gasteiger partial charge in [0, 0.05) is 56.0 Å². The fraction of sp³-hybridized carbons (Fsp3) is 0.429. The van der Waals surface area contributed by atoms with E-state index in [9.17, 15) is 31.9 Å². The van der Waals surface area contributed by atoms with E-state index in [2.05, 4.69) is 10.6 Å². The van der Waals surface area contributed by atoms with E-state index in [4.69, 9.17) is 0 Å². The molecule has 3 aromatic rings. The lowest BCUT2D eigenvalue weighted by Crippen LogP contribution is -2.62. The van der Waals surface area contributed by atoms with Crippen molar-refractivity contribution in [3.63, 3.8) is 0 Å². The molecule has 3 atom stereocenters. The van der Waals surface area contributed by atoms with Gasteiger partial charge < -0.3 is 20.6 Å². The summed E-state index contributed by atoms with van der Waals surface area (Å²) in [6.45, 7) is 8.90. The number of sulfonamides is 1. The third kappa shape index (κ3) is 9.01.